The summed E-state index contributed by atoms with van der Waals surface area (Å²) in [5, 5.41) is 2.94. The maximum Gasteiger partial charge on any atom is 0.263 e. The number of nitrogens with one attached hydrogen (secondary N) is 1. The molecule has 4 nitrogen and oxygen atoms in total. The van der Waals surface area contributed by atoms with Gasteiger partial charge in [-0.25, -0.2) is 0 Å². The Morgan fingerprint density at radius 3 is 2.37 bits per heavy atom. The summed E-state index contributed by atoms with van der Waals surface area (Å²) in [5.41, 5.74) is -0.326. The van der Waals surface area contributed by atoms with Gasteiger partial charge in [-0.1, -0.05) is 20.8 Å². The zero-order valence-electron chi connectivity index (χ0n) is 12.7. The minimum Gasteiger partial charge on any atom is -0.347 e. The lowest BCUT2D eigenvalue weighted by Crippen LogP contribution is -2.47. The van der Waals surface area contributed by atoms with Gasteiger partial charge in [-0.2, -0.15) is 0 Å². The van der Waals surface area contributed by atoms with E-state index in [0.717, 1.165) is 6.42 Å². The summed E-state index contributed by atoms with van der Waals surface area (Å²) < 4.78 is 1.41. The number of pyridine rings is 1. The highest BCUT2D eigenvalue weighted by molar-refractivity contribution is 5.94. The molecule has 0 radical (unpaired) electrons. The van der Waals surface area contributed by atoms with Crippen LogP contribution in [0.3, 0.4) is 0 Å². The van der Waals surface area contributed by atoms with Crippen molar-refractivity contribution in [3.05, 3.63) is 34.2 Å². The Balaban J connectivity index is 2.91. The van der Waals surface area contributed by atoms with Gasteiger partial charge in [0.25, 0.3) is 11.5 Å². The van der Waals surface area contributed by atoms with Gasteiger partial charge < -0.3 is 9.88 Å². The number of aromatic nitrogens is 1. The summed E-state index contributed by atoms with van der Waals surface area (Å²) in [7, 11) is 1.64. The Morgan fingerprint density at radius 1 is 1.26 bits per heavy atom. The number of carbonyl (C=O) groups is 1. The topological polar surface area (TPSA) is 51.1 Å². The quantitative estimate of drug-likeness (QED) is 0.911. The van der Waals surface area contributed by atoms with Crippen LogP contribution in [-0.4, -0.2) is 16.0 Å². The molecule has 4 heteroatoms. The normalized spacial score (nSPS) is 12.3. The van der Waals surface area contributed by atoms with Crippen molar-refractivity contribution in [3.8, 4) is 0 Å². The van der Waals surface area contributed by atoms with Gasteiger partial charge in [-0.15, -0.1) is 0 Å². The minimum absolute atomic E-state index is 0.110. The van der Waals surface area contributed by atoms with Gasteiger partial charge in [0, 0.05) is 18.8 Å². The first-order valence-corrected chi connectivity index (χ1v) is 6.50. The van der Waals surface area contributed by atoms with Crippen molar-refractivity contribution < 1.29 is 4.79 Å². The van der Waals surface area contributed by atoms with Crippen LogP contribution in [-0.2, 0) is 7.05 Å². The van der Waals surface area contributed by atoms with Crippen molar-refractivity contribution in [1.29, 1.82) is 0 Å². The van der Waals surface area contributed by atoms with E-state index in [0.29, 0.717) is 0 Å². The molecule has 0 aliphatic carbocycles. The molecule has 0 spiro atoms. The molecule has 0 aliphatic heterocycles. The van der Waals surface area contributed by atoms with Crippen molar-refractivity contribution in [2.75, 3.05) is 0 Å². The van der Waals surface area contributed by atoms with Crippen LogP contribution in [0.25, 0.3) is 0 Å². The van der Waals surface area contributed by atoms with Gasteiger partial charge in [0.1, 0.15) is 5.56 Å². The standard InChI is InChI=1S/C15H24N2O2/c1-14(2,3)10-15(4,5)16-12(18)11-8-7-9-17(6)13(11)19/h7-9H,10H2,1-6H3,(H,16,18). The fraction of sp³-hybridized carbons (Fsp3) is 0.600. The lowest BCUT2D eigenvalue weighted by atomic mass is 9.81. The van der Waals surface area contributed by atoms with Crippen LogP contribution < -0.4 is 10.9 Å². The highest BCUT2D eigenvalue weighted by Gasteiger charge is 2.28. The second kappa shape index (κ2) is 5.19. The van der Waals surface area contributed by atoms with E-state index >= 15 is 0 Å². The molecule has 1 rings (SSSR count). The average molecular weight is 264 g/mol. The third-order valence-corrected chi connectivity index (χ3v) is 2.79. The molecule has 1 N–H and O–H groups in total. The van der Waals surface area contributed by atoms with Gasteiger partial charge in [0.15, 0.2) is 0 Å². The lowest BCUT2D eigenvalue weighted by molar-refractivity contribution is 0.0889. The Hall–Kier alpha value is -1.58. The van der Waals surface area contributed by atoms with E-state index in [9.17, 15) is 9.59 Å². The third kappa shape index (κ3) is 4.54. The van der Waals surface area contributed by atoms with Gasteiger partial charge in [-0.3, -0.25) is 9.59 Å². The molecule has 1 aromatic rings. The smallest absolute Gasteiger partial charge is 0.263 e. The highest BCUT2D eigenvalue weighted by Crippen LogP contribution is 2.26. The van der Waals surface area contributed by atoms with Gasteiger partial charge in [0.05, 0.1) is 0 Å². The number of nitrogens with zero attached hydrogens (tertiary/aromatic N) is 1. The fourth-order valence-electron chi connectivity index (χ4n) is 2.51. The number of rotatable bonds is 3. The van der Waals surface area contributed by atoms with E-state index in [2.05, 4.69) is 26.1 Å². The van der Waals surface area contributed by atoms with E-state index in [4.69, 9.17) is 0 Å². The molecule has 0 saturated carbocycles. The second-order valence-corrected chi connectivity index (χ2v) is 6.91. The van der Waals surface area contributed by atoms with Gasteiger partial charge in [-0.05, 0) is 37.8 Å². The van der Waals surface area contributed by atoms with E-state index in [-0.39, 0.29) is 28.0 Å². The number of aryl methyl sites for hydroxylation is 1. The molecule has 19 heavy (non-hydrogen) atoms. The summed E-state index contributed by atoms with van der Waals surface area (Å²) in [6.07, 6.45) is 2.47. The molecule has 0 bridgehead atoms. The average Bonchev–Trinajstić information content (AvgIpc) is 2.17. The third-order valence-electron chi connectivity index (χ3n) is 2.79. The monoisotopic (exact) mass is 264 g/mol. The lowest BCUT2D eigenvalue weighted by Gasteiger charge is -2.33. The van der Waals surface area contributed by atoms with E-state index in [1.54, 1.807) is 25.4 Å². The van der Waals surface area contributed by atoms with Crippen molar-refractivity contribution in [2.45, 2.75) is 46.6 Å². The van der Waals surface area contributed by atoms with Gasteiger partial charge >= 0.3 is 0 Å². The molecular formula is C15H24N2O2. The Morgan fingerprint density at radius 2 is 1.84 bits per heavy atom. The Kier molecular flexibility index (Phi) is 4.23. The first kappa shape index (κ1) is 15.5. The van der Waals surface area contributed by atoms with Crippen LogP contribution >= 0.6 is 0 Å². The number of hydrogen-bond acceptors (Lipinski definition) is 2. The predicted molar refractivity (Wildman–Crippen MR) is 77.3 cm³/mol. The molecule has 0 saturated heterocycles. The largest absolute Gasteiger partial charge is 0.347 e. The zero-order chi connectivity index (χ0) is 14.8. The Labute approximate surface area is 114 Å². The van der Waals surface area contributed by atoms with Gasteiger partial charge in [0.2, 0.25) is 0 Å². The van der Waals surface area contributed by atoms with Crippen LogP contribution in [0, 0.1) is 5.41 Å². The molecule has 0 atom stereocenters. The SMILES string of the molecule is Cn1cccc(C(=O)NC(C)(C)CC(C)(C)C)c1=O. The van der Waals surface area contributed by atoms with E-state index < -0.39 is 0 Å². The zero-order valence-corrected chi connectivity index (χ0v) is 12.7. The first-order chi connectivity index (χ1) is 8.52. The molecule has 1 amide bonds. The molecule has 0 fully saturated rings. The van der Waals surface area contributed by atoms with E-state index in [1.807, 2.05) is 13.8 Å². The van der Waals surface area contributed by atoms with E-state index in [1.165, 1.54) is 4.57 Å². The number of carbonyl (C=O) groups excluding carboxylic acids is 1. The maximum absolute atomic E-state index is 12.2. The molecule has 1 heterocycles. The predicted octanol–water partition coefficient (Wildman–Crippen LogP) is 2.33. The number of hydrogen-bond donors (Lipinski definition) is 1. The minimum atomic E-state index is -0.351. The Bertz CT molecular complexity index is 522. The van der Waals surface area contributed by atoms with Crippen LogP contribution in [0.5, 0.6) is 0 Å². The second-order valence-electron chi connectivity index (χ2n) is 6.91. The summed E-state index contributed by atoms with van der Waals surface area (Å²) in [6.45, 7) is 10.3. The first-order valence-electron chi connectivity index (χ1n) is 6.50. The molecule has 0 unspecified atom stereocenters. The van der Waals surface area contributed by atoms with Crippen LogP contribution in [0.15, 0.2) is 23.1 Å². The number of amides is 1. The van der Waals surface area contributed by atoms with Crippen LogP contribution in [0.1, 0.15) is 51.4 Å². The molecule has 0 aromatic carbocycles. The molecular weight excluding hydrogens is 240 g/mol. The van der Waals surface area contributed by atoms with Crippen molar-refractivity contribution in [3.63, 3.8) is 0 Å². The molecule has 106 valence electrons. The van der Waals surface area contributed by atoms with Crippen molar-refractivity contribution in [2.24, 2.45) is 12.5 Å². The van der Waals surface area contributed by atoms with Crippen LogP contribution in [0.2, 0.25) is 0 Å². The van der Waals surface area contributed by atoms with Crippen LogP contribution in [0.4, 0.5) is 0 Å². The maximum atomic E-state index is 12.2. The molecule has 1 aromatic heterocycles. The fourth-order valence-corrected chi connectivity index (χ4v) is 2.51. The summed E-state index contributed by atoms with van der Waals surface area (Å²) in [6, 6.07) is 3.26. The summed E-state index contributed by atoms with van der Waals surface area (Å²) in [4.78, 5) is 24.1. The summed E-state index contributed by atoms with van der Waals surface area (Å²) in [5.74, 6) is -0.310. The summed E-state index contributed by atoms with van der Waals surface area (Å²) >= 11 is 0. The highest BCUT2D eigenvalue weighted by atomic mass is 16.2. The molecule has 0 aliphatic rings. The van der Waals surface area contributed by atoms with Crippen molar-refractivity contribution >= 4 is 5.91 Å². The van der Waals surface area contributed by atoms with Crippen molar-refractivity contribution in [1.82, 2.24) is 9.88 Å².